The summed E-state index contributed by atoms with van der Waals surface area (Å²) < 4.78 is 24.4. The number of aromatic nitrogens is 4. The quantitative estimate of drug-likeness (QED) is 0.462. The number of nitrogens with zero attached hydrogens (tertiary/aromatic N) is 4. The summed E-state index contributed by atoms with van der Waals surface area (Å²) in [6, 6.07) is 15.5. The van der Waals surface area contributed by atoms with E-state index in [0.29, 0.717) is 37.2 Å². The van der Waals surface area contributed by atoms with Gasteiger partial charge in [0.1, 0.15) is 17.6 Å². The SMILES string of the molecule is CCOc1ccc(-c2noc(-c3ncn4c3COC(c3ccc(OC)cc3)C4)n2)cc1. The number of benzene rings is 2. The Hall–Kier alpha value is -3.65. The molecule has 0 aliphatic carbocycles. The van der Waals surface area contributed by atoms with E-state index in [-0.39, 0.29) is 6.10 Å². The normalized spacial score (nSPS) is 15.5. The third-order valence-electron chi connectivity index (χ3n) is 5.27. The minimum atomic E-state index is -0.0532. The molecule has 8 nitrogen and oxygen atoms in total. The lowest BCUT2D eigenvalue weighted by Crippen LogP contribution is -2.20. The van der Waals surface area contributed by atoms with Gasteiger partial charge in [-0.1, -0.05) is 17.3 Å². The molecule has 0 amide bonds. The van der Waals surface area contributed by atoms with Crippen molar-refractivity contribution in [1.29, 1.82) is 0 Å². The first-order valence-electron chi connectivity index (χ1n) is 10.1. The molecule has 0 radical (unpaired) electrons. The van der Waals surface area contributed by atoms with E-state index in [2.05, 4.69) is 19.7 Å². The second-order valence-electron chi connectivity index (χ2n) is 7.15. The zero-order valence-electron chi connectivity index (χ0n) is 17.3. The number of methoxy groups -OCH3 is 1. The van der Waals surface area contributed by atoms with E-state index in [1.165, 1.54) is 0 Å². The standard InChI is InChI=1S/C23H22N4O4/c1-3-29-18-10-6-16(7-11-18)22-25-23(31-26-22)21-19-13-30-20(12-27(19)14-24-21)15-4-8-17(28-2)9-5-15/h4-11,14,20H,3,12-13H2,1-2H3. The highest BCUT2D eigenvalue weighted by molar-refractivity contribution is 5.59. The molecule has 3 heterocycles. The van der Waals surface area contributed by atoms with Gasteiger partial charge >= 0.3 is 0 Å². The lowest BCUT2D eigenvalue weighted by molar-refractivity contribution is 0.00328. The zero-order chi connectivity index (χ0) is 21.2. The summed E-state index contributed by atoms with van der Waals surface area (Å²) in [5.74, 6) is 2.52. The van der Waals surface area contributed by atoms with Gasteiger partial charge in [0, 0.05) is 5.56 Å². The second-order valence-corrected chi connectivity index (χ2v) is 7.15. The molecule has 0 spiro atoms. The molecule has 2 aromatic carbocycles. The molecule has 2 aromatic heterocycles. The van der Waals surface area contributed by atoms with Crippen LogP contribution in [0.3, 0.4) is 0 Å². The van der Waals surface area contributed by atoms with Gasteiger partial charge < -0.3 is 23.3 Å². The molecule has 0 N–H and O–H groups in total. The van der Waals surface area contributed by atoms with E-state index in [1.807, 2.05) is 55.5 Å². The Balaban J connectivity index is 1.35. The Morgan fingerprint density at radius 2 is 1.84 bits per heavy atom. The maximum absolute atomic E-state index is 6.11. The maximum Gasteiger partial charge on any atom is 0.278 e. The number of hydrogen-bond donors (Lipinski definition) is 0. The first-order valence-corrected chi connectivity index (χ1v) is 10.1. The van der Waals surface area contributed by atoms with Crippen LogP contribution in [0.5, 0.6) is 11.5 Å². The number of rotatable bonds is 6. The largest absolute Gasteiger partial charge is 0.497 e. The third kappa shape index (κ3) is 3.77. The predicted octanol–water partition coefficient (Wildman–Crippen LogP) is 4.28. The molecule has 0 fully saturated rings. The average Bonchev–Trinajstić information content (AvgIpc) is 3.46. The third-order valence-corrected chi connectivity index (χ3v) is 5.27. The van der Waals surface area contributed by atoms with Crippen LogP contribution in [0, 0.1) is 0 Å². The van der Waals surface area contributed by atoms with Crippen LogP contribution >= 0.6 is 0 Å². The minimum Gasteiger partial charge on any atom is -0.497 e. The van der Waals surface area contributed by atoms with Gasteiger partial charge in [-0.2, -0.15) is 4.98 Å². The van der Waals surface area contributed by atoms with E-state index >= 15 is 0 Å². The minimum absolute atomic E-state index is 0.0532. The summed E-state index contributed by atoms with van der Waals surface area (Å²) in [5, 5.41) is 4.12. The number of fused-ring (bicyclic) bond motifs is 1. The van der Waals surface area contributed by atoms with Gasteiger partial charge in [0.05, 0.1) is 38.9 Å². The van der Waals surface area contributed by atoms with Gasteiger partial charge in [0.2, 0.25) is 5.82 Å². The molecule has 31 heavy (non-hydrogen) atoms. The predicted molar refractivity (Wildman–Crippen MR) is 113 cm³/mol. The smallest absolute Gasteiger partial charge is 0.278 e. The molecular weight excluding hydrogens is 396 g/mol. The number of ether oxygens (including phenoxy) is 3. The van der Waals surface area contributed by atoms with E-state index in [4.69, 9.17) is 18.7 Å². The summed E-state index contributed by atoms with van der Waals surface area (Å²) in [6.07, 6.45) is 1.74. The Bertz CT molecular complexity index is 1170. The van der Waals surface area contributed by atoms with Crippen LogP contribution in [0.15, 0.2) is 59.4 Å². The Kier molecular flexibility index (Phi) is 5.13. The van der Waals surface area contributed by atoms with E-state index in [1.54, 1.807) is 13.4 Å². The Morgan fingerprint density at radius 1 is 1.06 bits per heavy atom. The topological polar surface area (TPSA) is 84.4 Å². The van der Waals surface area contributed by atoms with Gasteiger partial charge in [-0.05, 0) is 48.9 Å². The van der Waals surface area contributed by atoms with Crippen molar-refractivity contribution in [1.82, 2.24) is 19.7 Å². The molecule has 0 saturated heterocycles. The molecular formula is C23H22N4O4. The summed E-state index contributed by atoms with van der Waals surface area (Å²) >= 11 is 0. The van der Waals surface area contributed by atoms with E-state index < -0.39 is 0 Å². The molecule has 0 saturated carbocycles. The fourth-order valence-electron chi connectivity index (χ4n) is 3.63. The van der Waals surface area contributed by atoms with E-state index in [9.17, 15) is 0 Å². The first-order chi connectivity index (χ1) is 15.2. The number of imidazole rings is 1. The molecule has 1 aliphatic rings. The number of hydrogen-bond acceptors (Lipinski definition) is 7. The van der Waals surface area contributed by atoms with Crippen molar-refractivity contribution < 1.29 is 18.7 Å². The van der Waals surface area contributed by atoms with Crippen molar-refractivity contribution in [2.45, 2.75) is 26.2 Å². The van der Waals surface area contributed by atoms with E-state index in [0.717, 1.165) is 28.3 Å². The van der Waals surface area contributed by atoms with Crippen molar-refractivity contribution >= 4 is 0 Å². The lowest BCUT2D eigenvalue weighted by atomic mass is 10.1. The van der Waals surface area contributed by atoms with Crippen molar-refractivity contribution in [2.75, 3.05) is 13.7 Å². The van der Waals surface area contributed by atoms with Crippen LogP contribution in [-0.2, 0) is 17.9 Å². The van der Waals surface area contributed by atoms with Gasteiger partial charge in [0.25, 0.3) is 5.89 Å². The van der Waals surface area contributed by atoms with Crippen LogP contribution < -0.4 is 9.47 Å². The summed E-state index contributed by atoms with van der Waals surface area (Å²) in [7, 11) is 1.66. The monoisotopic (exact) mass is 418 g/mol. The summed E-state index contributed by atoms with van der Waals surface area (Å²) in [4.78, 5) is 9.05. The summed E-state index contributed by atoms with van der Waals surface area (Å²) in [5.41, 5.74) is 3.52. The van der Waals surface area contributed by atoms with Gasteiger partial charge in [-0.3, -0.25) is 0 Å². The molecule has 5 rings (SSSR count). The Morgan fingerprint density at radius 3 is 2.58 bits per heavy atom. The Labute approximate surface area is 179 Å². The molecule has 8 heteroatoms. The van der Waals surface area contributed by atoms with Crippen molar-refractivity contribution in [3.8, 4) is 34.5 Å². The second kappa shape index (κ2) is 8.23. The maximum atomic E-state index is 6.11. The van der Waals surface area contributed by atoms with Gasteiger partial charge in [0.15, 0.2) is 5.69 Å². The van der Waals surface area contributed by atoms with Crippen molar-refractivity contribution in [3.05, 3.63) is 66.1 Å². The zero-order valence-corrected chi connectivity index (χ0v) is 17.3. The van der Waals surface area contributed by atoms with Crippen LogP contribution in [0.2, 0.25) is 0 Å². The fraction of sp³-hybridized carbons (Fsp3) is 0.261. The van der Waals surface area contributed by atoms with Crippen LogP contribution in [-0.4, -0.2) is 33.4 Å². The highest BCUT2D eigenvalue weighted by Crippen LogP contribution is 2.32. The average molecular weight is 418 g/mol. The molecule has 4 aromatic rings. The van der Waals surface area contributed by atoms with Gasteiger partial charge in [-0.15, -0.1) is 0 Å². The molecule has 1 aliphatic heterocycles. The highest BCUT2D eigenvalue weighted by Gasteiger charge is 2.26. The highest BCUT2D eigenvalue weighted by atomic mass is 16.5. The first kappa shape index (κ1) is 19.3. The van der Waals surface area contributed by atoms with Crippen LogP contribution in [0.1, 0.15) is 24.3 Å². The van der Waals surface area contributed by atoms with Crippen LogP contribution in [0.4, 0.5) is 0 Å². The molecule has 1 unspecified atom stereocenters. The molecule has 158 valence electrons. The van der Waals surface area contributed by atoms with Crippen molar-refractivity contribution in [2.24, 2.45) is 0 Å². The summed E-state index contributed by atoms with van der Waals surface area (Å²) in [6.45, 7) is 3.65. The fourth-order valence-corrected chi connectivity index (χ4v) is 3.63. The molecule has 1 atom stereocenters. The molecule has 0 bridgehead atoms. The lowest BCUT2D eigenvalue weighted by Gasteiger charge is -2.25. The van der Waals surface area contributed by atoms with Crippen molar-refractivity contribution in [3.63, 3.8) is 0 Å². The van der Waals surface area contributed by atoms with Crippen LogP contribution in [0.25, 0.3) is 23.0 Å². The van der Waals surface area contributed by atoms with Gasteiger partial charge in [-0.25, -0.2) is 4.98 Å².